The van der Waals surface area contributed by atoms with E-state index in [1.54, 1.807) is 7.11 Å². The van der Waals surface area contributed by atoms with Crippen LogP contribution in [0.1, 0.15) is 36.1 Å². The molecule has 0 bridgehead atoms. The summed E-state index contributed by atoms with van der Waals surface area (Å²) in [5, 5.41) is 0. The molecule has 0 fully saturated rings. The minimum absolute atomic E-state index is 0.184. The first kappa shape index (κ1) is 15.5. The summed E-state index contributed by atoms with van der Waals surface area (Å²) >= 11 is 0. The van der Waals surface area contributed by atoms with Crippen molar-refractivity contribution in [1.29, 1.82) is 0 Å². The topological polar surface area (TPSA) is 47.3 Å². The molecule has 3 heteroatoms. The molecule has 0 aliphatic heterocycles. The number of nitrogens with two attached hydrogens (primary N) is 1. The summed E-state index contributed by atoms with van der Waals surface area (Å²) < 4.78 is 5.18. The van der Waals surface area contributed by atoms with Crippen LogP contribution in [0.25, 0.3) is 0 Å². The molecule has 0 saturated heterocycles. The van der Waals surface area contributed by atoms with Crippen LogP contribution in [0.3, 0.4) is 0 Å². The summed E-state index contributed by atoms with van der Waals surface area (Å²) in [6.45, 7) is 2.18. The second-order valence-corrected chi connectivity index (χ2v) is 5.16. The van der Waals surface area contributed by atoms with Gasteiger partial charge in [0.15, 0.2) is 0 Å². The lowest BCUT2D eigenvalue weighted by atomic mass is 9.94. The zero-order chi connectivity index (χ0) is 15.1. The van der Waals surface area contributed by atoms with Crippen LogP contribution in [0, 0.1) is 0 Å². The molecule has 2 aromatic carbocycles. The SMILES string of the molecule is CCc1ccccc1C(CCc1ccc(OC)cc1)NN. The highest BCUT2D eigenvalue weighted by atomic mass is 16.5. The predicted octanol–water partition coefficient (Wildman–Crippen LogP) is 3.39. The molecule has 0 aromatic heterocycles. The van der Waals surface area contributed by atoms with Crippen molar-refractivity contribution >= 4 is 0 Å². The quantitative estimate of drug-likeness (QED) is 0.605. The minimum Gasteiger partial charge on any atom is -0.497 e. The van der Waals surface area contributed by atoms with Gasteiger partial charge >= 0.3 is 0 Å². The third kappa shape index (κ3) is 4.06. The van der Waals surface area contributed by atoms with E-state index in [2.05, 4.69) is 48.7 Å². The zero-order valence-corrected chi connectivity index (χ0v) is 12.8. The molecule has 2 rings (SSSR count). The molecule has 0 aliphatic carbocycles. The third-order valence-corrected chi connectivity index (χ3v) is 3.89. The second-order valence-electron chi connectivity index (χ2n) is 5.16. The van der Waals surface area contributed by atoms with Crippen LogP contribution in [0.5, 0.6) is 5.75 Å². The van der Waals surface area contributed by atoms with Crippen molar-refractivity contribution in [2.75, 3.05) is 7.11 Å². The molecule has 3 N–H and O–H groups in total. The number of hydrogen-bond acceptors (Lipinski definition) is 3. The number of hydrazine groups is 1. The first-order chi connectivity index (χ1) is 10.3. The van der Waals surface area contributed by atoms with Crippen LogP contribution >= 0.6 is 0 Å². The lowest BCUT2D eigenvalue weighted by Crippen LogP contribution is -2.29. The van der Waals surface area contributed by atoms with Gasteiger partial charge in [0.1, 0.15) is 5.75 Å². The zero-order valence-electron chi connectivity index (χ0n) is 12.8. The number of aryl methyl sites for hydroxylation is 2. The van der Waals surface area contributed by atoms with E-state index in [-0.39, 0.29) is 6.04 Å². The summed E-state index contributed by atoms with van der Waals surface area (Å²) in [5.41, 5.74) is 6.92. The van der Waals surface area contributed by atoms with E-state index < -0.39 is 0 Å². The average molecular weight is 284 g/mol. The van der Waals surface area contributed by atoms with Gasteiger partial charge in [-0.1, -0.05) is 43.3 Å². The highest BCUT2D eigenvalue weighted by Crippen LogP contribution is 2.23. The summed E-state index contributed by atoms with van der Waals surface area (Å²) in [6.07, 6.45) is 2.98. The molecule has 0 saturated carbocycles. The van der Waals surface area contributed by atoms with Gasteiger partial charge in [-0.25, -0.2) is 0 Å². The first-order valence-corrected chi connectivity index (χ1v) is 7.45. The number of hydrogen-bond donors (Lipinski definition) is 2. The molecule has 21 heavy (non-hydrogen) atoms. The van der Waals surface area contributed by atoms with Crippen LogP contribution in [0.2, 0.25) is 0 Å². The third-order valence-electron chi connectivity index (χ3n) is 3.89. The fourth-order valence-electron chi connectivity index (χ4n) is 2.63. The van der Waals surface area contributed by atoms with E-state index in [9.17, 15) is 0 Å². The van der Waals surface area contributed by atoms with E-state index in [0.717, 1.165) is 25.0 Å². The van der Waals surface area contributed by atoms with Gasteiger partial charge in [-0.05, 0) is 48.1 Å². The van der Waals surface area contributed by atoms with Crippen molar-refractivity contribution in [2.24, 2.45) is 5.84 Å². The molecule has 1 atom stereocenters. The maximum absolute atomic E-state index is 5.77. The Kier molecular flexibility index (Phi) is 5.78. The van der Waals surface area contributed by atoms with Crippen LogP contribution in [0.4, 0.5) is 0 Å². The molecule has 0 aliphatic rings. The van der Waals surface area contributed by atoms with E-state index in [1.807, 2.05) is 12.1 Å². The average Bonchev–Trinajstić information content (AvgIpc) is 2.56. The summed E-state index contributed by atoms with van der Waals surface area (Å²) in [6, 6.07) is 16.9. The minimum atomic E-state index is 0.184. The monoisotopic (exact) mass is 284 g/mol. The van der Waals surface area contributed by atoms with Crippen LogP contribution in [-0.2, 0) is 12.8 Å². The fourth-order valence-corrected chi connectivity index (χ4v) is 2.63. The van der Waals surface area contributed by atoms with Gasteiger partial charge in [-0.15, -0.1) is 0 Å². The second kappa shape index (κ2) is 7.81. The van der Waals surface area contributed by atoms with Gasteiger partial charge in [0.25, 0.3) is 0 Å². The molecule has 3 nitrogen and oxygen atoms in total. The van der Waals surface area contributed by atoms with Crippen LogP contribution in [-0.4, -0.2) is 7.11 Å². The smallest absolute Gasteiger partial charge is 0.118 e. The van der Waals surface area contributed by atoms with Crippen LogP contribution in [0.15, 0.2) is 48.5 Å². The lowest BCUT2D eigenvalue weighted by Gasteiger charge is -2.19. The maximum Gasteiger partial charge on any atom is 0.118 e. The number of nitrogens with one attached hydrogen (secondary N) is 1. The highest BCUT2D eigenvalue weighted by Gasteiger charge is 2.12. The van der Waals surface area contributed by atoms with Gasteiger partial charge in [0.05, 0.1) is 7.11 Å². The van der Waals surface area contributed by atoms with Crippen LogP contribution < -0.4 is 16.0 Å². The number of methoxy groups -OCH3 is 1. The van der Waals surface area contributed by atoms with Gasteiger partial charge in [0, 0.05) is 6.04 Å². The van der Waals surface area contributed by atoms with E-state index in [4.69, 9.17) is 10.6 Å². The number of rotatable bonds is 7. The maximum atomic E-state index is 5.77. The molecule has 0 radical (unpaired) electrons. The van der Waals surface area contributed by atoms with Gasteiger partial charge in [0.2, 0.25) is 0 Å². The Morgan fingerprint density at radius 2 is 1.81 bits per heavy atom. The molecule has 112 valence electrons. The number of benzene rings is 2. The van der Waals surface area contributed by atoms with Gasteiger partial charge < -0.3 is 4.74 Å². The normalized spacial score (nSPS) is 12.1. The van der Waals surface area contributed by atoms with E-state index in [1.165, 1.54) is 16.7 Å². The van der Waals surface area contributed by atoms with Gasteiger partial charge in [-0.2, -0.15) is 0 Å². The van der Waals surface area contributed by atoms with Crippen molar-refractivity contribution in [3.05, 3.63) is 65.2 Å². The van der Waals surface area contributed by atoms with Crippen molar-refractivity contribution < 1.29 is 4.74 Å². The molecular weight excluding hydrogens is 260 g/mol. The van der Waals surface area contributed by atoms with Crippen molar-refractivity contribution in [1.82, 2.24) is 5.43 Å². The Hall–Kier alpha value is -1.84. The predicted molar refractivity (Wildman–Crippen MR) is 87.2 cm³/mol. The molecule has 2 aromatic rings. The molecular formula is C18H24N2O. The van der Waals surface area contributed by atoms with Crippen molar-refractivity contribution in [3.63, 3.8) is 0 Å². The Labute approximate surface area is 127 Å². The molecule has 1 unspecified atom stereocenters. The molecule has 0 amide bonds. The Balaban J connectivity index is 2.05. The van der Waals surface area contributed by atoms with Crippen molar-refractivity contribution in [3.8, 4) is 5.75 Å². The molecule has 0 heterocycles. The van der Waals surface area contributed by atoms with Crippen molar-refractivity contribution in [2.45, 2.75) is 32.2 Å². The fraction of sp³-hybridized carbons (Fsp3) is 0.333. The summed E-state index contributed by atoms with van der Waals surface area (Å²) in [7, 11) is 1.69. The van der Waals surface area contributed by atoms with E-state index in [0.29, 0.717) is 0 Å². The summed E-state index contributed by atoms with van der Waals surface area (Å²) in [5.74, 6) is 6.66. The molecule has 0 spiro atoms. The lowest BCUT2D eigenvalue weighted by molar-refractivity contribution is 0.414. The standard InChI is InChI=1S/C18H24N2O/c1-3-15-6-4-5-7-17(15)18(20-19)13-10-14-8-11-16(21-2)12-9-14/h4-9,11-12,18,20H,3,10,13,19H2,1-2H3. The van der Waals surface area contributed by atoms with Gasteiger partial charge in [-0.3, -0.25) is 11.3 Å². The Morgan fingerprint density at radius 3 is 2.43 bits per heavy atom. The van der Waals surface area contributed by atoms with E-state index >= 15 is 0 Å². The largest absolute Gasteiger partial charge is 0.497 e. The summed E-state index contributed by atoms with van der Waals surface area (Å²) in [4.78, 5) is 0. The number of ether oxygens (including phenoxy) is 1. The highest BCUT2D eigenvalue weighted by molar-refractivity contribution is 5.31. The Morgan fingerprint density at radius 1 is 1.10 bits per heavy atom. The Bertz CT molecular complexity index is 551. The first-order valence-electron chi connectivity index (χ1n) is 7.45.